The fraction of sp³-hybridized carbons (Fsp3) is 0.200. The van der Waals surface area contributed by atoms with E-state index in [2.05, 4.69) is 9.88 Å². The van der Waals surface area contributed by atoms with Crippen LogP contribution in [0.1, 0.15) is 40.2 Å². The minimum absolute atomic E-state index is 0.00912. The van der Waals surface area contributed by atoms with E-state index >= 15 is 4.39 Å². The van der Waals surface area contributed by atoms with Gasteiger partial charge in [-0.1, -0.05) is 36.4 Å². The van der Waals surface area contributed by atoms with Gasteiger partial charge in [0.2, 0.25) is 0 Å². The van der Waals surface area contributed by atoms with E-state index in [4.69, 9.17) is 0 Å². The molecule has 1 amide bonds. The second kappa shape index (κ2) is 11.4. The number of benzene rings is 3. The zero-order valence-electron chi connectivity index (χ0n) is 20.8. The molecule has 1 fully saturated rings. The van der Waals surface area contributed by atoms with Gasteiger partial charge in [-0.05, 0) is 78.4 Å². The Bertz CT molecular complexity index is 1490. The second-order valence-electron chi connectivity index (χ2n) is 9.61. The number of hydroxylamine groups is 1. The number of primary amides is 1. The minimum atomic E-state index is -1.57. The van der Waals surface area contributed by atoms with Crippen molar-refractivity contribution in [3.05, 3.63) is 118 Å². The van der Waals surface area contributed by atoms with Crippen LogP contribution in [0.3, 0.4) is 0 Å². The first kappa shape index (κ1) is 26.7. The van der Waals surface area contributed by atoms with E-state index in [0.717, 1.165) is 22.8 Å². The Morgan fingerprint density at radius 3 is 2.18 bits per heavy atom. The number of hydrogen-bond donors (Lipinski definition) is 1. The van der Waals surface area contributed by atoms with Gasteiger partial charge in [0.05, 0.1) is 5.56 Å². The molecule has 2 N–H and O–H groups in total. The standard InChI is InChI=1S/C30H25F4N3O2/c31-22-7-5-20(6-8-22)19-3-1-18(2-4-19)17-37-13-10-21(11-14-37)27-24(15-26(32)28(33)29(27)34)25-16-35-12-9-23(25)30(38)36-39/h1-9,12,15-16,21H,10-11,13-14,17,36H2. The molecular formula is C30H25F4N3O2. The Morgan fingerprint density at radius 1 is 0.897 bits per heavy atom. The molecule has 0 saturated carbocycles. The maximum atomic E-state index is 15.2. The Morgan fingerprint density at radius 2 is 1.54 bits per heavy atom. The highest BCUT2D eigenvalue weighted by molar-refractivity contribution is 5.95. The van der Waals surface area contributed by atoms with Crippen molar-refractivity contribution in [2.75, 3.05) is 13.1 Å². The van der Waals surface area contributed by atoms with Crippen LogP contribution in [0.4, 0.5) is 17.6 Å². The Labute approximate surface area is 222 Å². The highest BCUT2D eigenvalue weighted by Crippen LogP contribution is 2.40. The van der Waals surface area contributed by atoms with Gasteiger partial charge in [-0.2, -0.15) is 0 Å². The lowest BCUT2D eigenvalue weighted by molar-refractivity contribution is -0.481. The molecule has 2 heterocycles. The van der Waals surface area contributed by atoms with Gasteiger partial charge in [-0.25, -0.2) is 22.4 Å². The van der Waals surface area contributed by atoms with Crippen LogP contribution in [-0.4, -0.2) is 28.9 Å². The molecule has 1 aliphatic rings. The number of nitrogens with zero attached hydrogens (tertiary/aromatic N) is 2. The molecule has 5 nitrogen and oxygen atoms in total. The average Bonchev–Trinajstić information content (AvgIpc) is 2.97. The van der Waals surface area contributed by atoms with Crippen LogP contribution in [-0.2, 0) is 6.54 Å². The number of piperidine rings is 1. The molecule has 0 aliphatic carbocycles. The fourth-order valence-electron chi connectivity index (χ4n) is 5.20. The summed E-state index contributed by atoms with van der Waals surface area (Å²) in [6.07, 6.45) is 3.54. The molecular weight excluding hydrogens is 510 g/mol. The van der Waals surface area contributed by atoms with E-state index in [0.29, 0.717) is 32.5 Å². The second-order valence-corrected chi connectivity index (χ2v) is 9.61. The van der Waals surface area contributed by atoms with E-state index in [1.54, 1.807) is 12.1 Å². The predicted octanol–water partition coefficient (Wildman–Crippen LogP) is 5.55. The summed E-state index contributed by atoms with van der Waals surface area (Å²) in [5, 5.41) is 11.2. The number of likely N-dealkylation sites (tertiary alicyclic amines) is 1. The molecule has 0 radical (unpaired) electrons. The third-order valence-corrected chi connectivity index (χ3v) is 7.22. The number of nitrogens with two attached hydrogens (primary N) is 1. The smallest absolute Gasteiger partial charge is 0.343 e. The molecule has 0 spiro atoms. The molecule has 39 heavy (non-hydrogen) atoms. The lowest BCUT2D eigenvalue weighted by atomic mass is 9.83. The summed E-state index contributed by atoms with van der Waals surface area (Å²) in [5.74, 6) is -5.79. The summed E-state index contributed by atoms with van der Waals surface area (Å²) in [7, 11) is 0. The molecule has 0 unspecified atom stereocenters. The summed E-state index contributed by atoms with van der Waals surface area (Å²) < 4.78 is 57.2. The molecule has 5 rings (SSSR count). The first-order valence-electron chi connectivity index (χ1n) is 12.5. The Balaban J connectivity index is 1.34. The van der Waals surface area contributed by atoms with Gasteiger partial charge in [-0.3, -0.25) is 9.88 Å². The first-order valence-corrected chi connectivity index (χ1v) is 12.5. The van der Waals surface area contributed by atoms with E-state index < -0.39 is 29.3 Å². The number of carbonyl (C=O) groups is 1. The van der Waals surface area contributed by atoms with Crippen molar-refractivity contribution in [2.24, 2.45) is 0 Å². The molecule has 0 atom stereocenters. The van der Waals surface area contributed by atoms with Crippen molar-refractivity contribution in [3.63, 3.8) is 0 Å². The number of aromatic nitrogens is 1. The summed E-state index contributed by atoms with van der Waals surface area (Å²) in [6, 6.07) is 16.4. The lowest BCUT2D eigenvalue weighted by Crippen LogP contribution is -2.81. The zero-order chi connectivity index (χ0) is 27.5. The molecule has 3 aromatic carbocycles. The van der Waals surface area contributed by atoms with E-state index in [9.17, 15) is 23.2 Å². The van der Waals surface area contributed by atoms with Gasteiger partial charge in [0.15, 0.2) is 17.5 Å². The molecule has 9 heteroatoms. The van der Waals surface area contributed by atoms with Crippen LogP contribution in [0, 0.1) is 28.5 Å². The van der Waals surface area contributed by atoms with Crippen LogP contribution in [0.2, 0.25) is 0 Å². The lowest BCUT2D eigenvalue weighted by Gasteiger charge is -2.33. The van der Waals surface area contributed by atoms with Gasteiger partial charge in [0, 0.05) is 30.1 Å². The zero-order valence-corrected chi connectivity index (χ0v) is 20.8. The normalized spacial score (nSPS) is 14.5. The number of halogens is 4. The van der Waals surface area contributed by atoms with Gasteiger partial charge in [0.25, 0.3) is 0 Å². The fourth-order valence-corrected chi connectivity index (χ4v) is 5.20. The van der Waals surface area contributed by atoms with Crippen LogP contribution in [0.25, 0.3) is 22.3 Å². The molecule has 4 aromatic rings. The molecule has 200 valence electrons. The maximum Gasteiger partial charge on any atom is 0.343 e. The monoisotopic (exact) mass is 535 g/mol. The van der Waals surface area contributed by atoms with Crippen LogP contribution in [0.5, 0.6) is 0 Å². The van der Waals surface area contributed by atoms with E-state index in [-0.39, 0.29) is 33.6 Å². The Kier molecular flexibility index (Phi) is 7.83. The SMILES string of the molecule is O=C([NH2+][O-])c1ccncc1-c1cc(F)c(F)c(F)c1C1CCN(Cc2ccc(-c3ccc(F)cc3)cc2)CC1. The summed E-state index contributed by atoms with van der Waals surface area (Å²) in [5.41, 5.74) is 3.15. The number of rotatable bonds is 6. The van der Waals surface area contributed by atoms with Gasteiger partial charge < -0.3 is 10.7 Å². The molecule has 1 aliphatic heterocycles. The van der Waals surface area contributed by atoms with Crippen LogP contribution in [0.15, 0.2) is 73.1 Å². The molecule has 0 bridgehead atoms. The topological polar surface area (TPSA) is 72.9 Å². The minimum Gasteiger partial charge on any atom is -0.628 e. The number of quaternary nitrogens is 1. The van der Waals surface area contributed by atoms with Crippen LogP contribution < -0.4 is 5.48 Å². The van der Waals surface area contributed by atoms with Crippen LogP contribution >= 0.6 is 0 Å². The van der Waals surface area contributed by atoms with Gasteiger partial charge in [-0.15, -0.1) is 0 Å². The largest absolute Gasteiger partial charge is 0.628 e. The highest BCUT2D eigenvalue weighted by atomic mass is 19.2. The van der Waals surface area contributed by atoms with Crippen molar-refractivity contribution in [1.29, 1.82) is 0 Å². The quantitative estimate of drug-likeness (QED) is 0.200. The van der Waals surface area contributed by atoms with Crippen molar-refractivity contribution >= 4 is 5.91 Å². The van der Waals surface area contributed by atoms with Crippen molar-refractivity contribution in [1.82, 2.24) is 9.88 Å². The number of pyridine rings is 1. The van der Waals surface area contributed by atoms with Crippen molar-refractivity contribution in [2.45, 2.75) is 25.3 Å². The maximum absolute atomic E-state index is 15.2. The summed E-state index contributed by atoms with van der Waals surface area (Å²) in [6.45, 7) is 1.84. The number of hydrogen-bond acceptors (Lipinski definition) is 4. The van der Waals surface area contributed by atoms with Crippen molar-refractivity contribution < 1.29 is 27.8 Å². The van der Waals surface area contributed by atoms with Gasteiger partial charge in [0.1, 0.15) is 5.82 Å². The third-order valence-electron chi connectivity index (χ3n) is 7.22. The number of amides is 1. The molecule has 1 saturated heterocycles. The third kappa shape index (κ3) is 5.61. The highest BCUT2D eigenvalue weighted by Gasteiger charge is 2.30. The first-order chi connectivity index (χ1) is 18.9. The Hall–Kier alpha value is -3.92. The van der Waals surface area contributed by atoms with Crippen molar-refractivity contribution in [3.8, 4) is 22.3 Å². The predicted molar refractivity (Wildman–Crippen MR) is 138 cm³/mol. The van der Waals surface area contributed by atoms with E-state index in [1.807, 2.05) is 24.3 Å². The average molecular weight is 536 g/mol. The summed E-state index contributed by atoms with van der Waals surface area (Å²) >= 11 is 0. The van der Waals surface area contributed by atoms with Gasteiger partial charge >= 0.3 is 5.91 Å². The number of carbonyl (C=O) groups excluding carboxylic acids is 1. The summed E-state index contributed by atoms with van der Waals surface area (Å²) in [4.78, 5) is 18.3. The molecule has 1 aromatic heterocycles. The van der Waals surface area contributed by atoms with E-state index in [1.165, 1.54) is 30.6 Å².